The van der Waals surface area contributed by atoms with Gasteiger partial charge in [-0.1, -0.05) is 25.3 Å². The standard InChI is InChI=1S/C17H26N2/c1-2-6-15(7-3-1)19-16-11-9-14(10-12-16)17-8-4-5-13-18-17/h4-5,8,13-16,19H,1-3,6-7,9-12H2. The van der Waals surface area contributed by atoms with E-state index in [0.29, 0.717) is 5.92 Å². The van der Waals surface area contributed by atoms with Gasteiger partial charge in [0.15, 0.2) is 0 Å². The molecular weight excluding hydrogens is 232 g/mol. The van der Waals surface area contributed by atoms with Crippen LogP contribution in [0, 0.1) is 0 Å². The Hall–Kier alpha value is -0.890. The second-order valence-electron chi connectivity index (χ2n) is 6.30. The van der Waals surface area contributed by atoms with Crippen LogP contribution in [0.3, 0.4) is 0 Å². The maximum absolute atomic E-state index is 4.52. The normalized spacial score (nSPS) is 29.3. The Morgan fingerprint density at radius 2 is 1.58 bits per heavy atom. The third kappa shape index (κ3) is 3.56. The number of aromatic nitrogens is 1. The van der Waals surface area contributed by atoms with Gasteiger partial charge < -0.3 is 5.32 Å². The summed E-state index contributed by atoms with van der Waals surface area (Å²) in [6.07, 6.45) is 14.3. The average molecular weight is 258 g/mol. The van der Waals surface area contributed by atoms with Crippen molar-refractivity contribution in [3.8, 4) is 0 Å². The molecular formula is C17H26N2. The minimum Gasteiger partial charge on any atom is -0.311 e. The molecule has 1 aromatic rings. The Morgan fingerprint density at radius 3 is 2.26 bits per heavy atom. The molecule has 0 spiro atoms. The SMILES string of the molecule is c1ccc(C2CCC(NC3CCCCC3)CC2)nc1. The van der Waals surface area contributed by atoms with E-state index >= 15 is 0 Å². The van der Waals surface area contributed by atoms with Gasteiger partial charge in [0, 0.05) is 29.9 Å². The van der Waals surface area contributed by atoms with Crippen LogP contribution >= 0.6 is 0 Å². The molecule has 2 fully saturated rings. The highest BCUT2D eigenvalue weighted by Crippen LogP contribution is 2.32. The molecule has 1 aromatic heterocycles. The maximum atomic E-state index is 4.52. The van der Waals surface area contributed by atoms with Crippen LogP contribution in [0.2, 0.25) is 0 Å². The predicted molar refractivity (Wildman–Crippen MR) is 79.2 cm³/mol. The van der Waals surface area contributed by atoms with Crippen LogP contribution in [0.5, 0.6) is 0 Å². The number of hydrogen-bond acceptors (Lipinski definition) is 2. The summed E-state index contributed by atoms with van der Waals surface area (Å²) in [5.74, 6) is 0.700. The first-order valence-corrected chi connectivity index (χ1v) is 8.09. The summed E-state index contributed by atoms with van der Waals surface area (Å²) in [5.41, 5.74) is 1.30. The summed E-state index contributed by atoms with van der Waals surface area (Å²) in [7, 11) is 0. The minimum atomic E-state index is 0.700. The zero-order valence-corrected chi connectivity index (χ0v) is 11.9. The Bertz CT molecular complexity index is 362. The average Bonchev–Trinajstić information content (AvgIpc) is 2.50. The van der Waals surface area contributed by atoms with Crippen molar-refractivity contribution in [1.29, 1.82) is 0 Å². The number of nitrogens with zero attached hydrogens (tertiary/aromatic N) is 1. The molecule has 3 rings (SSSR count). The second kappa shape index (κ2) is 6.51. The van der Waals surface area contributed by atoms with Crippen LogP contribution in [-0.2, 0) is 0 Å². The van der Waals surface area contributed by atoms with Crippen LogP contribution < -0.4 is 5.32 Å². The molecule has 0 aliphatic heterocycles. The van der Waals surface area contributed by atoms with E-state index in [0.717, 1.165) is 12.1 Å². The number of hydrogen-bond donors (Lipinski definition) is 1. The highest BCUT2D eigenvalue weighted by atomic mass is 15.0. The zero-order valence-electron chi connectivity index (χ0n) is 11.9. The van der Waals surface area contributed by atoms with Gasteiger partial charge in [0.25, 0.3) is 0 Å². The van der Waals surface area contributed by atoms with Gasteiger partial charge >= 0.3 is 0 Å². The number of pyridine rings is 1. The quantitative estimate of drug-likeness (QED) is 0.885. The van der Waals surface area contributed by atoms with Gasteiger partial charge in [-0.15, -0.1) is 0 Å². The van der Waals surface area contributed by atoms with Crippen molar-refractivity contribution in [1.82, 2.24) is 10.3 Å². The summed E-state index contributed by atoms with van der Waals surface area (Å²) in [6, 6.07) is 7.90. The molecule has 19 heavy (non-hydrogen) atoms. The smallest absolute Gasteiger partial charge is 0.0434 e. The van der Waals surface area contributed by atoms with E-state index < -0.39 is 0 Å². The van der Waals surface area contributed by atoms with Crippen molar-refractivity contribution >= 4 is 0 Å². The number of nitrogens with one attached hydrogen (secondary N) is 1. The summed E-state index contributed by atoms with van der Waals surface area (Å²) in [4.78, 5) is 4.52. The first kappa shape index (κ1) is 13.1. The Balaban J connectivity index is 1.46. The molecule has 1 heterocycles. The predicted octanol–water partition coefficient (Wildman–Crippen LogP) is 4.03. The van der Waals surface area contributed by atoms with E-state index in [1.807, 2.05) is 12.3 Å². The van der Waals surface area contributed by atoms with Crippen LogP contribution in [-0.4, -0.2) is 17.1 Å². The lowest BCUT2D eigenvalue weighted by Crippen LogP contribution is -2.41. The molecule has 0 radical (unpaired) electrons. The molecule has 2 aliphatic rings. The van der Waals surface area contributed by atoms with Crippen molar-refractivity contribution < 1.29 is 0 Å². The van der Waals surface area contributed by atoms with Crippen molar-refractivity contribution in [3.05, 3.63) is 30.1 Å². The molecule has 0 amide bonds. The van der Waals surface area contributed by atoms with E-state index in [9.17, 15) is 0 Å². The first-order chi connectivity index (χ1) is 9.42. The summed E-state index contributed by atoms with van der Waals surface area (Å²) >= 11 is 0. The third-order valence-electron chi connectivity index (χ3n) is 4.91. The van der Waals surface area contributed by atoms with Crippen molar-refractivity contribution in [2.75, 3.05) is 0 Å². The first-order valence-electron chi connectivity index (χ1n) is 8.09. The fraction of sp³-hybridized carbons (Fsp3) is 0.706. The molecule has 1 N–H and O–H groups in total. The summed E-state index contributed by atoms with van der Waals surface area (Å²) < 4.78 is 0. The van der Waals surface area contributed by atoms with Crippen LogP contribution in [0.4, 0.5) is 0 Å². The monoisotopic (exact) mass is 258 g/mol. The van der Waals surface area contributed by atoms with Crippen LogP contribution in [0.1, 0.15) is 69.4 Å². The molecule has 0 bridgehead atoms. The molecule has 2 heteroatoms. The van der Waals surface area contributed by atoms with E-state index in [-0.39, 0.29) is 0 Å². The molecule has 104 valence electrons. The highest BCUT2D eigenvalue weighted by Gasteiger charge is 2.25. The molecule has 2 aliphatic carbocycles. The molecule has 0 unspecified atom stereocenters. The maximum Gasteiger partial charge on any atom is 0.0434 e. The highest BCUT2D eigenvalue weighted by molar-refractivity contribution is 5.10. The third-order valence-corrected chi connectivity index (χ3v) is 4.91. The number of rotatable bonds is 3. The molecule has 0 aromatic carbocycles. The van der Waals surface area contributed by atoms with Gasteiger partial charge in [0.05, 0.1) is 0 Å². The molecule has 2 nitrogen and oxygen atoms in total. The largest absolute Gasteiger partial charge is 0.311 e. The topological polar surface area (TPSA) is 24.9 Å². The van der Waals surface area contributed by atoms with E-state index in [1.165, 1.54) is 63.5 Å². The second-order valence-corrected chi connectivity index (χ2v) is 6.30. The van der Waals surface area contributed by atoms with E-state index in [2.05, 4.69) is 22.4 Å². The zero-order chi connectivity index (χ0) is 12.9. The summed E-state index contributed by atoms with van der Waals surface area (Å²) in [6.45, 7) is 0. The molecule has 0 atom stereocenters. The van der Waals surface area contributed by atoms with Gasteiger partial charge in [-0.2, -0.15) is 0 Å². The van der Waals surface area contributed by atoms with Crippen LogP contribution in [0.25, 0.3) is 0 Å². The fourth-order valence-electron chi connectivity index (χ4n) is 3.78. The van der Waals surface area contributed by atoms with Gasteiger partial charge in [-0.25, -0.2) is 0 Å². The fourth-order valence-corrected chi connectivity index (χ4v) is 3.78. The Labute approximate surface area is 117 Å². The Morgan fingerprint density at radius 1 is 0.842 bits per heavy atom. The Kier molecular flexibility index (Phi) is 4.49. The van der Waals surface area contributed by atoms with Gasteiger partial charge in [0.2, 0.25) is 0 Å². The molecule has 2 saturated carbocycles. The lowest BCUT2D eigenvalue weighted by Gasteiger charge is -2.33. The van der Waals surface area contributed by atoms with Gasteiger partial charge in [-0.3, -0.25) is 4.98 Å². The van der Waals surface area contributed by atoms with Crippen molar-refractivity contribution in [2.45, 2.75) is 75.8 Å². The lowest BCUT2D eigenvalue weighted by molar-refractivity contribution is 0.277. The van der Waals surface area contributed by atoms with E-state index in [1.54, 1.807) is 0 Å². The van der Waals surface area contributed by atoms with Crippen molar-refractivity contribution in [2.24, 2.45) is 0 Å². The molecule has 0 saturated heterocycles. The summed E-state index contributed by atoms with van der Waals surface area (Å²) in [5, 5.41) is 3.91. The lowest BCUT2D eigenvalue weighted by atomic mass is 9.83. The van der Waals surface area contributed by atoms with Gasteiger partial charge in [0.1, 0.15) is 0 Å². The van der Waals surface area contributed by atoms with Gasteiger partial charge in [-0.05, 0) is 50.7 Å². The van der Waals surface area contributed by atoms with Crippen LogP contribution in [0.15, 0.2) is 24.4 Å². The van der Waals surface area contributed by atoms with E-state index in [4.69, 9.17) is 0 Å². The van der Waals surface area contributed by atoms with Crippen molar-refractivity contribution in [3.63, 3.8) is 0 Å². The minimum absolute atomic E-state index is 0.700.